The second kappa shape index (κ2) is 6.89. The van der Waals surface area contributed by atoms with Crippen LogP contribution in [-0.2, 0) is 5.41 Å². The Kier molecular flexibility index (Phi) is 3.79. The molecule has 1 aliphatic heterocycles. The Morgan fingerprint density at radius 1 is 0.568 bits per heavy atom. The molecule has 6 aromatic rings. The van der Waals surface area contributed by atoms with Crippen LogP contribution in [0.5, 0.6) is 11.5 Å². The van der Waals surface area contributed by atoms with Gasteiger partial charge < -0.3 is 16.2 Å². The van der Waals surface area contributed by atoms with Crippen LogP contribution < -0.4 is 16.2 Å². The zero-order valence-electron chi connectivity index (χ0n) is 19.8. The van der Waals surface area contributed by atoms with Gasteiger partial charge in [0, 0.05) is 38.7 Å². The number of nitrogen functional groups attached to an aromatic ring is 2. The number of nitrogens with two attached hydrogens (primary N) is 2. The molecule has 0 fully saturated rings. The lowest BCUT2D eigenvalue weighted by Gasteiger charge is -2.40. The van der Waals surface area contributed by atoms with Crippen molar-refractivity contribution in [1.29, 1.82) is 0 Å². The van der Waals surface area contributed by atoms with E-state index in [1.807, 2.05) is 66.7 Å². The highest BCUT2D eigenvalue weighted by Gasteiger charge is 2.52. The summed E-state index contributed by atoms with van der Waals surface area (Å²) in [6.45, 7) is 0. The summed E-state index contributed by atoms with van der Waals surface area (Å²) in [6.07, 6.45) is 0. The van der Waals surface area contributed by atoms with Crippen LogP contribution in [0.4, 0.5) is 15.8 Å². The van der Waals surface area contributed by atoms with Crippen molar-refractivity contribution in [2.75, 3.05) is 11.5 Å². The Hall–Kier alpha value is -4.83. The van der Waals surface area contributed by atoms with Crippen LogP contribution in [0.1, 0.15) is 22.3 Å². The third kappa shape index (κ3) is 2.44. The van der Waals surface area contributed by atoms with E-state index >= 15 is 4.39 Å². The van der Waals surface area contributed by atoms with Gasteiger partial charge in [-0.25, -0.2) is 4.39 Å². The Labute approximate surface area is 212 Å². The average Bonchev–Trinajstić information content (AvgIpc) is 3.19. The van der Waals surface area contributed by atoms with Crippen LogP contribution in [0, 0.1) is 5.82 Å². The molecule has 1 unspecified atom stereocenters. The molecule has 37 heavy (non-hydrogen) atoms. The molecule has 0 radical (unpaired) electrons. The van der Waals surface area contributed by atoms with Gasteiger partial charge in [0.05, 0.1) is 5.41 Å². The monoisotopic (exact) mass is 480 g/mol. The van der Waals surface area contributed by atoms with Crippen molar-refractivity contribution < 1.29 is 9.13 Å². The number of anilines is 2. The fourth-order valence-electron chi connectivity index (χ4n) is 6.55. The van der Waals surface area contributed by atoms with E-state index in [2.05, 4.69) is 24.3 Å². The molecule has 0 saturated carbocycles. The first-order chi connectivity index (χ1) is 18.1. The lowest BCUT2D eigenvalue weighted by Crippen LogP contribution is -2.32. The molecule has 2 aliphatic rings. The standard InChI is InChI=1S/C33H21FN2O/c34-19-10-12-22-23-13-11-20(35)16-28(23)33(27(22)15-19)26-14-9-18-5-1-2-6-21(18)31(26)37-32-25-8-4-3-7-24(25)30(36)17-29(32)33/h1-17H,35-36H2. The van der Waals surface area contributed by atoms with Gasteiger partial charge in [-0.3, -0.25) is 0 Å². The summed E-state index contributed by atoms with van der Waals surface area (Å²) in [7, 11) is 0. The van der Waals surface area contributed by atoms with Gasteiger partial charge in [0.2, 0.25) is 0 Å². The second-order valence-electron chi connectivity index (χ2n) is 9.90. The highest BCUT2D eigenvalue weighted by atomic mass is 19.1. The molecule has 1 spiro atoms. The predicted molar refractivity (Wildman–Crippen MR) is 148 cm³/mol. The van der Waals surface area contributed by atoms with E-state index in [4.69, 9.17) is 16.2 Å². The summed E-state index contributed by atoms with van der Waals surface area (Å²) >= 11 is 0. The number of ether oxygens (including phenoxy) is 1. The number of rotatable bonds is 0. The second-order valence-corrected chi connectivity index (χ2v) is 9.90. The van der Waals surface area contributed by atoms with Gasteiger partial charge in [-0.1, -0.05) is 72.8 Å². The summed E-state index contributed by atoms with van der Waals surface area (Å²) in [4.78, 5) is 0. The summed E-state index contributed by atoms with van der Waals surface area (Å²) in [5.41, 5.74) is 19.3. The maximum absolute atomic E-state index is 15.1. The number of fused-ring (bicyclic) bond motifs is 13. The Balaban J connectivity index is 1.65. The fourth-order valence-corrected chi connectivity index (χ4v) is 6.55. The Bertz CT molecular complexity index is 1910. The number of benzene rings is 6. The molecule has 4 N–H and O–H groups in total. The van der Waals surface area contributed by atoms with Gasteiger partial charge in [-0.2, -0.15) is 0 Å². The zero-order chi connectivity index (χ0) is 24.9. The fraction of sp³-hybridized carbons (Fsp3) is 0.0303. The maximum atomic E-state index is 15.1. The Morgan fingerprint density at radius 2 is 1.24 bits per heavy atom. The van der Waals surface area contributed by atoms with E-state index in [0.29, 0.717) is 11.4 Å². The summed E-state index contributed by atoms with van der Waals surface area (Å²) in [6, 6.07) is 33.4. The average molecular weight is 481 g/mol. The normalized spacial score (nSPS) is 16.8. The van der Waals surface area contributed by atoms with E-state index in [1.165, 1.54) is 6.07 Å². The van der Waals surface area contributed by atoms with Crippen molar-refractivity contribution in [2.45, 2.75) is 5.41 Å². The molecule has 4 heteroatoms. The molecular weight excluding hydrogens is 459 g/mol. The molecule has 0 bridgehead atoms. The van der Waals surface area contributed by atoms with Gasteiger partial charge in [-0.15, -0.1) is 0 Å². The van der Waals surface area contributed by atoms with Crippen LogP contribution >= 0.6 is 0 Å². The van der Waals surface area contributed by atoms with Crippen molar-refractivity contribution in [2.24, 2.45) is 0 Å². The van der Waals surface area contributed by atoms with Gasteiger partial charge in [0.1, 0.15) is 17.3 Å². The van der Waals surface area contributed by atoms with E-state index < -0.39 is 5.41 Å². The number of hydrogen-bond acceptors (Lipinski definition) is 3. The smallest absolute Gasteiger partial charge is 0.140 e. The van der Waals surface area contributed by atoms with Crippen molar-refractivity contribution in [3.05, 3.63) is 131 Å². The first-order valence-corrected chi connectivity index (χ1v) is 12.3. The predicted octanol–water partition coefficient (Wildman–Crippen LogP) is 7.77. The summed E-state index contributed by atoms with van der Waals surface area (Å²) in [5.74, 6) is 1.22. The SMILES string of the molecule is Nc1ccc2c(c1)C1(c3cc(F)ccc3-2)c2ccc3ccccc3c2Oc2c1cc(N)c1ccccc21. The minimum Gasteiger partial charge on any atom is -0.455 e. The molecule has 8 rings (SSSR count). The van der Waals surface area contributed by atoms with Crippen LogP contribution in [0.3, 0.4) is 0 Å². The largest absolute Gasteiger partial charge is 0.455 e. The Morgan fingerprint density at radius 3 is 2.08 bits per heavy atom. The number of halogens is 1. The van der Waals surface area contributed by atoms with Gasteiger partial charge in [-0.05, 0) is 58.0 Å². The first kappa shape index (κ1) is 20.4. The quantitative estimate of drug-likeness (QED) is 0.218. The van der Waals surface area contributed by atoms with E-state index in [9.17, 15) is 0 Å². The van der Waals surface area contributed by atoms with Crippen LogP contribution in [0.25, 0.3) is 32.7 Å². The molecule has 0 amide bonds. The van der Waals surface area contributed by atoms with Crippen LogP contribution in [-0.4, -0.2) is 0 Å². The first-order valence-electron chi connectivity index (χ1n) is 12.3. The maximum Gasteiger partial charge on any atom is 0.140 e. The van der Waals surface area contributed by atoms with Crippen molar-refractivity contribution in [3.63, 3.8) is 0 Å². The number of hydrogen-bond donors (Lipinski definition) is 2. The third-order valence-corrected chi connectivity index (χ3v) is 8.04. The van der Waals surface area contributed by atoms with E-state index in [0.717, 1.165) is 66.4 Å². The minimum atomic E-state index is -0.854. The van der Waals surface area contributed by atoms with Crippen molar-refractivity contribution >= 4 is 32.9 Å². The topological polar surface area (TPSA) is 61.3 Å². The highest BCUT2D eigenvalue weighted by Crippen LogP contribution is 2.64. The highest BCUT2D eigenvalue weighted by molar-refractivity contribution is 6.03. The van der Waals surface area contributed by atoms with E-state index in [-0.39, 0.29) is 5.82 Å². The van der Waals surface area contributed by atoms with Gasteiger partial charge >= 0.3 is 0 Å². The molecule has 6 aromatic carbocycles. The molecule has 3 nitrogen and oxygen atoms in total. The van der Waals surface area contributed by atoms with Crippen molar-refractivity contribution in [3.8, 4) is 22.6 Å². The van der Waals surface area contributed by atoms with Gasteiger partial charge in [0.15, 0.2) is 0 Å². The molecule has 176 valence electrons. The summed E-state index contributed by atoms with van der Waals surface area (Å²) in [5, 5.41) is 3.92. The molecule has 1 heterocycles. The van der Waals surface area contributed by atoms with E-state index in [1.54, 1.807) is 6.07 Å². The molecule has 0 aromatic heterocycles. The minimum absolute atomic E-state index is 0.289. The molecule has 0 saturated heterocycles. The lowest BCUT2D eigenvalue weighted by atomic mass is 9.65. The summed E-state index contributed by atoms with van der Waals surface area (Å²) < 4.78 is 21.9. The van der Waals surface area contributed by atoms with Gasteiger partial charge in [0.25, 0.3) is 0 Å². The molecule has 1 aliphatic carbocycles. The third-order valence-electron chi connectivity index (χ3n) is 8.04. The lowest BCUT2D eigenvalue weighted by molar-refractivity contribution is 0.447. The van der Waals surface area contributed by atoms with Crippen molar-refractivity contribution in [1.82, 2.24) is 0 Å². The zero-order valence-corrected chi connectivity index (χ0v) is 19.8. The molecular formula is C33H21FN2O. The van der Waals surface area contributed by atoms with Crippen LogP contribution in [0.15, 0.2) is 103 Å². The van der Waals surface area contributed by atoms with Crippen LogP contribution in [0.2, 0.25) is 0 Å². The molecule has 1 atom stereocenters.